The lowest BCUT2D eigenvalue weighted by Gasteiger charge is -2.11. The predicted octanol–water partition coefficient (Wildman–Crippen LogP) is 2.18. The van der Waals surface area contributed by atoms with Gasteiger partial charge in [0.05, 0.1) is 0 Å². The van der Waals surface area contributed by atoms with Crippen LogP contribution in [0.15, 0.2) is 0 Å². The molecule has 1 atom stereocenters. The van der Waals surface area contributed by atoms with Crippen LogP contribution in [0.3, 0.4) is 0 Å². The van der Waals surface area contributed by atoms with Crippen molar-refractivity contribution in [3.05, 3.63) is 0 Å². The summed E-state index contributed by atoms with van der Waals surface area (Å²) in [5.74, 6) is -0.620. The number of nitrogens with one attached hydrogen (secondary N) is 1. The largest absolute Gasteiger partial charge is 0.481 e. The molecule has 0 aliphatic rings. The Hall–Kier alpha value is -1.06. The van der Waals surface area contributed by atoms with Crippen molar-refractivity contribution in [2.24, 2.45) is 5.92 Å². The molecule has 0 aliphatic carbocycles. The van der Waals surface area contributed by atoms with E-state index in [4.69, 9.17) is 5.11 Å². The average molecular weight is 229 g/mol. The standard InChI is InChI=1S/C12H23NO3/c1-3-4-7-10(2)12(16)13-9-6-5-8-11(14)15/h10H,3-9H2,1-2H3,(H,13,16)(H,14,15). The number of carboxylic acid groups (broad SMARTS) is 1. The molecule has 0 aromatic rings. The number of unbranched alkanes of at least 4 members (excludes halogenated alkanes) is 2. The first-order chi connectivity index (χ1) is 7.57. The fourth-order valence-corrected chi connectivity index (χ4v) is 1.43. The molecule has 4 heteroatoms. The third-order valence-corrected chi connectivity index (χ3v) is 2.55. The van der Waals surface area contributed by atoms with Crippen molar-refractivity contribution in [3.63, 3.8) is 0 Å². The quantitative estimate of drug-likeness (QED) is 0.595. The van der Waals surface area contributed by atoms with Gasteiger partial charge in [-0.25, -0.2) is 0 Å². The van der Waals surface area contributed by atoms with E-state index >= 15 is 0 Å². The van der Waals surface area contributed by atoms with Crippen molar-refractivity contribution in [2.45, 2.75) is 52.4 Å². The molecule has 0 radical (unpaired) electrons. The molecular formula is C12H23NO3. The second kappa shape index (κ2) is 9.19. The zero-order valence-corrected chi connectivity index (χ0v) is 10.3. The molecular weight excluding hydrogens is 206 g/mol. The summed E-state index contributed by atoms with van der Waals surface area (Å²) in [5, 5.41) is 11.3. The van der Waals surface area contributed by atoms with Gasteiger partial charge < -0.3 is 10.4 Å². The Balaban J connectivity index is 3.45. The van der Waals surface area contributed by atoms with Gasteiger partial charge in [-0.15, -0.1) is 0 Å². The number of carboxylic acids is 1. The maximum atomic E-state index is 11.5. The van der Waals surface area contributed by atoms with E-state index in [0.717, 1.165) is 25.7 Å². The molecule has 4 nitrogen and oxygen atoms in total. The van der Waals surface area contributed by atoms with Crippen LogP contribution in [0, 0.1) is 5.92 Å². The molecule has 0 bridgehead atoms. The molecule has 0 aromatic heterocycles. The van der Waals surface area contributed by atoms with E-state index < -0.39 is 5.97 Å². The minimum Gasteiger partial charge on any atom is -0.481 e. The number of amides is 1. The molecule has 1 unspecified atom stereocenters. The molecule has 0 spiro atoms. The van der Waals surface area contributed by atoms with Crippen LogP contribution >= 0.6 is 0 Å². The van der Waals surface area contributed by atoms with E-state index in [9.17, 15) is 9.59 Å². The minimum absolute atomic E-state index is 0.0689. The highest BCUT2D eigenvalue weighted by molar-refractivity contribution is 5.78. The van der Waals surface area contributed by atoms with Gasteiger partial charge in [0.2, 0.25) is 5.91 Å². The van der Waals surface area contributed by atoms with Crippen LogP contribution in [0.1, 0.15) is 52.4 Å². The third-order valence-electron chi connectivity index (χ3n) is 2.55. The van der Waals surface area contributed by atoms with Crippen LogP contribution in [0.5, 0.6) is 0 Å². The fraction of sp³-hybridized carbons (Fsp3) is 0.833. The first-order valence-corrected chi connectivity index (χ1v) is 6.07. The van der Waals surface area contributed by atoms with Crippen molar-refractivity contribution in [1.82, 2.24) is 5.32 Å². The van der Waals surface area contributed by atoms with E-state index in [-0.39, 0.29) is 18.2 Å². The lowest BCUT2D eigenvalue weighted by molar-refractivity contribution is -0.137. The highest BCUT2D eigenvalue weighted by atomic mass is 16.4. The minimum atomic E-state index is -0.775. The first kappa shape index (κ1) is 14.9. The number of carbonyl (C=O) groups excluding carboxylic acids is 1. The second-order valence-corrected chi connectivity index (χ2v) is 4.19. The maximum absolute atomic E-state index is 11.5. The Morgan fingerprint density at radius 1 is 1.25 bits per heavy atom. The highest BCUT2D eigenvalue weighted by Crippen LogP contribution is 2.07. The van der Waals surface area contributed by atoms with Crippen molar-refractivity contribution in [3.8, 4) is 0 Å². The lowest BCUT2D eigenvalue weighted by Crippen LogP contribution is -2.30. The molecule has 0 saturated heterocycles. The van der Waals surface area contributed by atoms with Crippen molar-refractivity contribution < 1.29 is 14.7 Å². The monoisotopic (exact) mass is 229 g/mol. The summed E-state index contributed by atoms with van der Waals surface area (Å²) < 4.78 is 0. The van der Waals surface area contributed by atoms with Gasteiger partial charge in [0.25, 0.3) is 0 Å². The topological polar surface area (TPSA) is 66.4 Å². The van der Waals surface area contributed by atoms with Crippen LogP contribution in [0.25, 0.3) is 0 Å². The van der Waals surface area contributed by atoms with Gasteiger partial charge in [-0.1, -0.05) is 26.7 Å². The van der Waals surface area contributed by atoms with Gasteiger partial charge in [-0.3, -0.25) is 9.59 Å². The van der Waals surface area contributed by atoms with E-state index in [0.29, 0.717) is 13.0 Å². The second-order valence-electron chi connectivity index (χ2n) is 4.19. The van der Waals surface area contributed by atoms with E-state index in [1.165, 1.54) is 0 Å². The molecule has 2 N–H and O–H groups in total. The fourth-order valence-electron chi connectivity index (χ4n) is 1.43. The highest BCUT2D eigenvalue weighted by Gasteiger charge is 2.10. The Morgan fingerprint density at radius 2 is 1.94 bits per heavy atom. The van der Waals surface area contributed by atoms with Crippen LogP contribution < -0.4 is 5.32 Å². The summed E-state index contributed by atoms with van der Waals surface area (Å²) in [6, 6.07) is 0. The zero-order chi connectivity index (χ0) is 12.4. The maximum Gasteiger partial charge on any atom is 0.303 e. The number of hydrogen-bond donors (Lipinski definition) is 2. The number of hydrogen-bond acceptors (Lipinski definition) is 2. The van der Waals surface area contributed by atoms with Gasteiger partial charge in [-0.05, 0) is 19.3 Å². The molecule has 16 heavy (non-hydrogen) atoms. The van der Waals surface area contributed by atoms with Gasteiger partial charge in [0.15, 0.2) is 0 Å². The number of rotatable bonds is 9. The molecule has 94 valence electrons. The number of carbonyl (C=O) groups is 2. The predicted molar refractivity (Wildman–Crippen MR) is 63.2 cm³/mol. The van der Waals surface area contributed by atoms with Gasteiger partial charge >= 0.3 is 5.97 Å². The summed E-state index contributed by atoms with van der Waals surface area (Å²) in [5.41, 5.74) is 0. The average Bonchev–Trinajstić information content (AvgIpc) is 2.24. The zero-order valence-electron chi connectivity index (χ0n) is 10.3. The SMILES string of the molecule is CCCCC(C)C(=O)NCCCCC(=O)O. The third kappa shape index (κ3) is 8.26. The molecule has 0 heterocycles. The number of aliphatic carboxylic acids is 1. The molecule has 0 aliphatic heterocycles. The van der Waals surface area contributed by atoms with Crippen LogP contribution in [0.4, 0.5) is 0 Å². The van der Waals surface area contributed by atoms with Gasteiger partial charge in [0.1, 0.15) is 0 Å². The lowest BCUT2D eigenvalue weighted by atomic mass is 10.0. The van der Waals surface area contributed by atoms with Gasteiger partial charge in [0, 0.05) is 18.9 Å². The van der Waals surface area contributed by atoms with Crippen LogP contribution in [0.2, 0.25) is 0 Å². The molecule has 0 aromatic carbocycles. The van der Waals surface area contributed by atoms with E-state index in [1.807, 2.05) is 6.92 Å². The smallest absolute Gasteiger partial charge is 0.303 e. The first-order valence-electron chi connectivity index (χ1n) is 6.07. The summed E-state index contributed by atoms with van der Waals surface area (Å²) in [4.78, 5) is 21.8. The Morgan fingerprint density at radius 3 is 2.50 bits per heavy atom. The Labute approximate surface area is 97.4 Å². The van der Waals surface area contributed by atoms with Crippen molar-refractivity contribution >= 4 is 11.9 Å². The molecule has 0 fully saturated rings. The summed E-state index contributed by atoms with van der Waals surface area (Å²) >= 11 is 0. The molecule has 0 rings (SSSR count). The van der Waals surface area contributed by atoms with Crippen LogP contribution in [-0.2, 0) is 9.59 Å². The Bertz CT molecular complexity index is 216. The molecule has 1 amide bonds. The Kier molecular flexibility index (Phi) is 8.58. The normalized spacial score (nSPS) is 12.1. The summed E-state index contributed by atoms with van der Waals surface area (Å²) in [6.45, 7) is 4.63. The van der Waals surface area contributed by atoms with Crippen LogP contribution in [-0.4, -0.2) is 23.5 Å². The van der Waals surface area contributed by atoms with E-state index in [2.05, 4.69) is 12.2 Å². The van der Waals surface area contributed by atoms with Crippen molar-refractivity contribution in [2.75, 3.05) is 6.54 Å². The summed E-state index contributed by atoms with van der Waals surface area (Å²) in [6.07, 6.45) is 4.65. The summed E-state index contributed by atoms with van der Waals surface area (Å²) in [7, 11) is 0. The van der Waals surface area contributed by atoms with E-state index in [1.54, 1.807) is 0 Å². The van der Waals surface area contributed by atoms with Crippen molar-refractivity contribution in [1.29, 1.82) is 0 Å². The van der Waals surface area contributed by atoms with Gasteiger partial charge in [-0.2, -0.15) is 0 Å². The molecule has 0 saturated carbocycles.